The summed E-state index contributed by atoms with van der Waals surface area (Å²) in [5, 5.41) is 0. The predicted molar refractivity (Wildman–Crippen MR) is 86.6 cm³/mol. The van der Waals surface area contributed by atoms with Crippen LogP contribution in [0.25, 0.3) is 5.57 Å². The fourth-order valence-corrected chi connectivity index (χ4v) is 2.75. The lowest BCUT2D eigenvalue weighted by molar-refractivity contribution is 0.0653. The molecule has 0 radical (unpaired) electrons. The van der Waals surface area contributed by atoms with Crippen LogP contribution in [0.15, 0.2) is 54.6 Å². The van der Waals surface area contributed by atoms with Crippen LogP contribution in [0, 0.1) is 0 Å². The Balaban J connectivity index is 1.65. The van der Waals surface area contributed by atoms with Gasteiger partial charge in [-0.2, -0.15) is 0 Å². The molecule has 23 heavy (non-hydrogen) atoms. The first-order chi connectivity index (χ1) is 11.2. The summed E-state index contributed by atoms with van der Waals surface area (Å²) in [6, 6.07) is 16.1. The van der Waals surface area contributed by atoms with E-state index in [2.05, 4.69) is 0 Å². The van der Waals surface area contributed by atoms with E-state index in [0.717, 1.165) is 5.56 Å². The quantitative estimate of drug-likeness (QED) is 0.630. The number of rotatable bonds is 5. The Morgan fingerprint density at radius 3 is 2.00 bits per heavy atom. The average molecular weight is 305 g/mol. The van der Waals surface area contributed by atoms with Crippen molar-refractivity contribution in [3.05, 3.63) is 71.3 Å². The zero-order chi connectivity index (χ0) is 16.2. The number of carbonyl (C=O) groups is 2. The number of amides is 2. The zero-order valence-electron chi connectivity index (χ0n) is 12.5. The first-order valence-electron chi connectivity index (χ1n) is 7.47. The number of fused-ring (bicyclic) bond motifs is 1. The second kappa shape index (κ2) is 6.42. The number of hydrogen-bond donors (Lipinski definition) is 0. The standard InChI is InChI=1S/C19H15NO3/c21-13-15(14-7-2-1-3-8-14)9-6-12-20-18(22)16-10-4-5-11-17(16)19(20)23/h1-5,7-8,10-11H,6,9,12H2. The van der Waals surface area contributed by atoms with E-state index in [-0.39, 0.29) is 11.8 Å². The lowest BCUT2D eigenvalue weighted by atomic mass is 10.0. The van der Waals surface area contributed by atoms with Crippen molar-refractivity contribution in [2.45, 2.75) is 12.8 Å². The van der Waals surface area contributed by atoms with Crippen LogP contribution in [-0.4, -0.2) is 29.2 Å². The average Bonchev–Trinajstić information content (AvgIpc) is 2.84. The van der Waals surface area contributed by atoms with E-state index >= 15 is 0 Å². The van der Waals surface area contributed by atoms with Crippen LogP contribution in [0.1, 0.15) is 39.1 Å². The van der Waals surface area contributed by atoms with Crippen molar-refractivity contribution in [1.29, 1.82) is 0 Å². The van der Waals surface area contributed by atoms with Gasteiger partial charge >= 0.3 is 0 Å². The lowest BCUT2D eigenvalue weighted by Crippen LogP contribution is -2.30. The molecule has 2 amide bonds. The van der Waals surface area contributed by atoms with Crippen LogP contribution in [0.3, 0.4) is 0 Å². The van der Waals surface area contributed by atoms with Crippen LogP contribution in [-0.2, 0) is 4.79 Å². The number of imide groups is 1. The molecule has 0 aromatic heterocycles. The van der Waals surface area contributed by atoms with Gasteiger partial charge in [0.2, 0.25) is 0 Å². The van der Waals surface area contributed by atoms with E-state index < -0.39 is 0 Å². The van der Waals surface area contributed by atoms with Crippen LogP contribution in [0.4, 0.5) is 0 Å². The summed E-state index contributed by atoms with van der Waals surface area (Å²) >= 11 is 0. The van der Waals surface area contributed by atoms with Gasteiger partial charge in [-0.3, -0.25) is 14.5 Å². The fourth-order valence-electron chi connectivity index (χ4n) is 2.75. The SMILES string of the molecule is O=C=C(CCCN1C(=O)c2ccccc2C1=O)c1ccccc1. The third-order valence-electron chi connectivity index (χ3n) is 3.93. The molecule has 0 N–H and O–H groups in total. The largest absolute Gasteiger partial charge is 0.274 e. The van der Waals surface area contributed by atoms with Gasteiger partial charge in [-0.15, -0.1) is 0 Å². The van der Waals surface area contributed by atoms with Crippen molar-refractivity contribution >= 4 is 23.3 Å². The molecule has 0 spiro atoms. The lowest BCUT2D eigenvalue weighted by Gasteiger charge is -2.13. The van der Waals surface area contributed by atoms with Gasteiger partial charge in [0, 0.05) is 12.1 Å². The van der Waals surface area contributed by atoms with Crippen molar-refractivity contribution in [3.8, 4) is 0 Å². The predicted octanol–water partition coefficient (Wildman–Crippen LogP) is 2.98. The zero-order valence-corrected chi connectivity index (χ0v) is 12.5. The molecule has 4 nitrogen and oxygen atoms in total. The molecule has 1 aliphatic heterocycles. The summed E-state index contributed by atoms with van der Waals surface area (Å²) in [5.74, 6) is 1.44. The van der Waals surface area contributed by atoms with E-state index in [1.165, 1.54) is 4.90 Å². The second-order valence-electron chi connectivity index (χ2n) is 5.36. The molecular weight excluding hydrogens is 290 g/mol. The molecule has 0 unspecified atom stereocenters. The number of nitrogens with zero attached hydrogens (tertiary/aromatic N) is 1. The topological polar surface area (TPSA) is 54.5 Å². The Morgan fingerprint density at radius 1 is 0.870 bits per heavy atom. The molecule has 114 valence electrons. The highest BCUT2D eigenvalue weighted by Gasteiger charge is 2.34. The maximum Gasteiger partial charge on any atom is 0.261 e. The van der Waals surface area contributed by atoms with E-state index in [0.29, 0.717) is 36.1 Å². The van der Waals surface area contributed by atoms with Crippen molar-refractivity contribution in [2.24, 2.45) is 0 Å². The number of hydrogen-bond acceptors (Lipinski definition) is 3. The van der Waals surface area contributed by atoms with Crippen LogP contribution < -0.4 is 0 Å². The Hall–Kier alpha value is -2.97. The Kier molecular flexibility index (Phi) is 4.18. The summed E-state index contributed by atoms with van der Waals surface area (Å²) < 4.78 is 0. The summed E-state index contributed by atoms with van der Waals surface area (Å²) in [4.78, 5) is 36.9. The minimum Gasteiger partial charge on any atom is -0.274 e. The van der Waals surface area contributed by atoms with Gasteiger partial charge in [-0.25, -0.2) is 4.79 Å². The highest BCUT2D eigenvalue weighted by atomic mass is 16.2. The Labute approximate surface area is 134 Å². The maximum atomic E-state index is 12.2. The van der Waals surface area contributed by atoms with Gasteiger partial charge in [0.05, 0.1) is 11.1 Å². The molecule has 0 bridgehead atoms. The van der Waals surface area contributed by atoms with Crippen LogP contribution in [0.5, 0.6) is 0 Å². The third-order valence-corrected chi connectivity index (χ3v) is 3.93. The summed E-state index contributed by atoms with van der Waals surface area (Å²) in [7, 11) is 0. The molecule has 0 saturated carbocycles. The molecule has 1 aliphatic rings. The Bertz CT molecular complexity index is 769. The maximum absolute atomic E-state index is 12.2. The van der Waals surface area contributed by atoms with Gasteiger partial charge in [0.25, 0.3) is 11.8 Å². The summed E-state index contributed by atoms with van der Waals surface area (Å²) in [6.07, 6.45) is 1.01. The van der Waals surface area contributed by atoms with Gasteiger partial charge in [-0.05, 0) is 30.5 Å². The second-order valence-corrected chi connectivity index (χ2v) is 5.36. The molecular formula is C19H15NO3. The van der Waals surface area contributed by atoms with E-state index in [9.17, 15) is 14.4 Å². The minimum absolute atomic E-state index is 0.262. The molecule has 2 aromatic rings. The van der Waals surface area contributed by atoms with Crippen molar-refractivity contribution < 1.29 is 14.4 Å². The Morgan fingerprint density at radius 2 is 1.43 bits per heavy atom. The molecule has 0 fully saturated rings. The van der Waals surface area contributed by atoms with Gasteiger partial charge < -0.3 is 0 Å². The van der Waals surface area contributed by atoms with Gasteiger partial charge in [0.15, 0.2) is 0 Å². The number of allylic oxidation sites excluding steroid dienone is 1. The first kappa shape index (κ1) is 14.9. The van der Waals surface area contributed by atoms with E-state index in [1.807, 2.05) is 36.3 Å². The molecule has 3 rings (SSSR count). The summed E-state index contributed by atoms with van der Waals surface area (Å²) in [5.41, 5.74) is 2.28. The normalized spacial score (nSPS) is 13.0. The summed E-state index contributed by atoms with van der Waals surface area (Å²) in [6.45, 7) is 0.296. The fraction of sp³-hybridized carbons (Fsp3) is 0.158. The smallest absolute Gasteiger partial charge is 0.261 e. The molecule has 0 atom stereocenters. The first-order valence-corrected chi connectivity index (χ1v) is 7.47. The molecule has 0 saturated heterocycles. The third kappa shape index (κ3) is 2.85. The molecule has 0 aliphatic carbocycles. The molecule has 1 heterocycles. The number of benzene rings is 2. The van der Waals surface area contributed by atoms with Crippen molar-refractivity contribution in [1.82, 2.24) is 4.90 Å². The van der Waals surface area contributed by atoms with Crippen molar-refractivity contribution in [3.63, 3.8) is 0 Å². The van der Waals surface area contributed by atoms with Gasteiger partial charge in [0.1, 0.15) is 5.94 Å². The highest BCUT2D eigenvalue weighted by molar-refractivity contribution is 6.21. The molecule has 2 aromatic carbocycles. The molecule has 4 heteroatoms. The van der Waals surface area contributed by atoms with E-state index in [4.69, 9.17) is 0 Å². The van der Waals surface area contributed by atoms with Crippen molar-refractivity contribution in [2.75, 3.05) is 6.54 Å². The monoisotopic (exact) mass is 305 g/mol. The van der Waals surface area contributed by atoms with Crippen LogP contribution >= 0.6 is 0 Å². The minimum atomic E-state index is -0.262. The van der Waals surface area contributed by atoms with E-state index in [1.54, 1.807) is 24.3 Å². The van der Waals surface area contributed by atoms with Crippen LogP contribution in [0.2, 0.25) is 0 Å². The van der Waals surface area contributed by atoms with Gasteiger partial charge in [-0.1, -0.05) is 42.5 Å². The number of carbonyl (C=O) groups excluding carboxylic acids is 3. The highest BCUT2D eigenvalue weighted by Crippen LogP contribution is 2.24.